The Labute approximate surface area is 111 Å². The topological polar surface area (TPSA) is 46.6 Å². The van der Waals surface area contributed by atoms with Crippen LogP contribution < -0.4 is 0 Å². The lowest BCUT2D eigenvalue weighted by Crippen LogP contribution is -2.40. The van der Waals surface area contributed by atoms with Crippen molar-refractivity contribution in [2.24, 2.45) is 0 Å². The molecule has 0 radical (unpaired) electrons. The van der Waals surface area contributed by atoms with E-state index in [0.29, 0.717) is 4.90 Å². The van der Waals surface area contributed by atoms with Gasteiger partial charge in [-0.25, -0.2) is 0 Å². The van der Waals surface area contributed by atoms with Crippen molar-refractivity contribution in [1.29, 1.82) is 0 Å². The van der Waals surface area contributed by atoms with Crippen molar-refractivity contribution in [2.45, 2.75) is 12.6 Å². The second-order valence-corrected chi connectivity index (χ2v) is 4.59. The van der Waals surface area contributed by atoms with Crippen LogP contribution >= 0.6 is 11.3 Å². The second kappa shape index (κ2) is 6.55. The van der Waals surface area contributed by atoms with E-state index in [1.54, 1.807) is 11.4 Å². The van der Waals surface area contributed by atoms with Crippen LogP contribution in [0.2, 0.25) is 0 Å². The molecule has 0 unspecified atom stereocenters. The molecule has 0 saturated heterocycles. The number of carbonyl (C=O) groups excluding carboxylic acids is 2. The normalized spacial score (nSPS) is 11.2. The molecule has 0 aliphatic rings. The monoisotopic (exact) mass is 295 g/mol. The molecule has 106 valence electrons. The van der Waals surface area contributed by atoms with Crippen molar-refractivity contribution in [3.8, 4) is 0 Å². The van der Waals surface area contributed by atoms with Crippen molar-refractivity contribution in [2.75, 3.05) is 20.2 Å². The van der Waals surface area contributed by atoms with Gasteiger partial charge in [-0.15, -0.1) is 11.3 Å². The van der Waals surface area contributed by atoms with Gasteiger partial charge in [0.05, 0.1) is 18.4 Å². The number of methoxy groups -OCH3 is 1. The minimum absolute atomic E-state index is 0.203. The molecule has 8 heteroatoms. The van der Waals surface area contributed by atoms with Gasteiger partial charge in [-0.3, -0.25) is 9.59 Å². The van der Waals surface area contributed by atoms with Gasteiger partial charge in [0, 0.05) is 6.54 Å². The highest BCUT2D eigenvalue weighted by molar-refractivity contribution is 7.12. The number of amides is 1. The molecule has 0 aliphatic heterocycles. The minimum atomic E-state index is -4.51. The van der Waals surface area contributed by atoms with Crippen molar-refractivity contribution in [3.63, 3.8) is 0 Å². The average Bonchev–Trinajstić information content (AvgIpc) is 2.85. The van der Waals surface area contributed by atoms with E-state index in [0.717, 1.165) is 18.4 Å². The highest BCUT2D eigenvalue weighted by atomic mass is 32.1. The van der Waals surface area contributed by atoms with Gasteiger partial charge < -0.3 is 9.64 Å². The van der Waals surface area contributed by atoms with Gasteiger partial charge in [-0.2, -0.15) is 13.2 Å². The van der Waals surface area contributed by atoms with Gasteiger partial charge in [-0.05, 0) is 11.4 Å². The fourth-order valence-electron chi connectivity index (χ4n) is 1.35. The molecular weight excluding hydrogens is 283 g/mol. The Balaban J connectivity index is 2.74. The summed E-state index contributed by atoms with van der Waals surface area (Å²) in [7, 11) is 1.14. The van der Waals surface area contributed by atoms with E-state index in [-0.39, 0.29) is 17.8 Å². The SMILES string of the molecule is COC(=O)CCN(CC(F)(F)F)C(=O)c1cccs1. The number of alkyl halides is 3. The van der Waals surface area contributed by atoms with Crippen molar-refractivity contribution >= 4 is 23.2 Å². The first-order chi connectivity index (χ1) is 8.83. The second-order valence-electron chi connectivity index (χ2n) is 3.65. The molecule has 1 aromatic rings. The van der Waals surface area contributed by atoms with Gasteiger partial charge in [0.25, 0.3) is 5.91 Å². The minimum Gasteiger partial charge on any atom is -0.469 e. The highest BCUT2D eigenvalue weighted by Gasteiger charge is 2.33. The predicted octanol–water partition coefficient (Wildman–Crippen LogP) is 2.32. The van der Waals surface area contributed by atoms with E-state index < -0.39 is 24.6 Å². The maximum Gasteiger partial charge on any atom is 0.406 e. The van der Waals surface area contributed by atoms with Crippen LogP contribution in [0.4, 0.5) is 13.2 Å². The molecule has 0 aromatic carbocycles. The van der Waals surface area contributed by atoms with Crippen LogP contribution in [0.25, 0.3) is 0 Å². The molecule has 0 saturated carbocycles. The molecule has 4 nitrogen and oxygen atoms in total. The van der Waals surface area contributed by atoms with E-state index in [2.05, 4.69) is 4.74 Å². The molecule has 0 bridgehead atoms. The number of hydrogen-bond donors (Lipinski definition) is 0. The molecule has 0 aliphatic carbocycles. The van der Waals surface area contributed by atoms with Crippen LogP contribution in [0, 0.1) is 0 Å². The van der Waals surface area contributed by atoms with Crippen molar-refractivity contribution < 1.29 is 27.5 Å². The molecule has 1 aromatic heterocycles. The maximum absolute atomic E-state index is 12.4. The lowest BCUT2D eigenvalue weighted by atomic mass is 10.3. The van der Waals surface area contributed by atoms with Crippen LogP contribution in [0.15, 0.2) is 17.5 Å². The van der Waals surface area contributed by atoms with Crippen LogP contribution in [0.5, 0.6) is 0 Å². The number of thiophene rings is 1. The summed E-state index contributed by atoms with van der Waals surface area (Å²) in [5.41, 5.74) is 0. The lowest BCUT2D eigenvalue weighted by Gasteiger charge is -2.22. The van der Waals surface area contributed by atoms with E-state index in [9.17, 15) is 22.8 Å². The molecule has 0 fully saturated rings. The number of hydrogen-bond acceptors (Lipinski definition) is 4. The van der Waals surface area contributed by atoms with Crippen LogP contribution in [0.1, 0.15) is 16.1 Å². The van der Waals surface area contributed by atoms with Crippen LogP contribution in [-0.2, 0) is 9.53 Å². The fourth-order valence-corrected chi connectivity index (χ4v) is 2.04. The number of esters is 1. The van der Waals surface area contributed by atoms with E-state index in [1.807, 2.05) is 0 Å². The number of nitrogens with zero attached hydrogens (tertiary/aromatic N) is 1. The van der Waals surface area contributed by atoms with Gasteiger partial charge >= 0.3 is 12.1 Å². The van der Waals surface area contributed by atoms with E-state index in [1.165, 1.54) is 6.07 Å². The maximum atomic E-state index is 12.4. The molecule has 0 N–H and O–H groups in total. The van der Waals surface area contributed by atoms with E-state index in [4.69, 9.17) is 0 Å². The quantitative estimate of drug-likeness (QED) is 0.783. The Kier molecular flexibility index (Phi) is 5.34. The zero-order valence-electron chi connectivity index (χ0n) is 10.1. The average molecular weight is 295 g/mol. The summed E-state index contributed by atoms with van der Waals surface area (Å²) in [4.78, 5) is 23.6. The zero-order valence-corrected chi connectivity index (χ0v) is 10.9. The summed E-state index contributed by atoms with van der Waals surface area (Å²) in [6, 6.07) is 3.01. The summed E-state index contributed by atoms with van der Waals surface area (Å²) in [5.74, 6) is -1.40. The molecule has 1 heterocycles. The third-order valence-electron chi connectivity index (χ3n) is 2.20. The Morgan fingerprint density at radius 2 is 2.11 bits per heavy atom. The molecule has 0 atom stereocenters. The Bertz CT molecular complexity index is 431. The first-order valence-corrected chi connectivity index (χ1v) is 6.18. The van der Waals surface area contributed by atoms with Gasteiger partial charge in [-0.1, -0.05) is 6.07 Å². The summed E-state index contributed by atoms with van der Waals surface area (Å²) >= 11 is 1.05. The molecule has 1 amide bonds. The first-order valence-electron chi connectivity index (χ1n) is 5.30. The smallest absolute Gasteiger partial charge is 0.406 e. The van der Waals surface area contributed by atoms with Gasteiger partial charge in [0.15, 0.2) is 0 Å². The first kappa shape index (κ1) is 15.5. The Morgan fingerprint density at radius 3 is 2.58 bits per heavy atom. The molecule has 1 rings (SSSR count). The zero-order chi connectivity index (χ0) is 14.5. The Morgan fingerprint density at radius 1 is 1.42 bits per heavy atom. The fraction of sp³-hybridized carbons (Fsp3) is 0.455. The largest absolute Gasteiger partial charge is 0.469 e. The lowest BCUT2D eigenvalue weighted by molar-refractivity contribution is -0.146. The van der Waals surface area contributed by atoms with Crippen molar-refractivity contribution in [1.82, 2.24) is 4.90 Å². The highest BCUT2D eigenvalue weighted by Crippen LogP contribution is 2.20. The summed E-state index contributed by atoms with van der Waals surface area (Å²) in [6.45, 7) is -1.72. The van der Waals surface area contributed by atoms with E-state index >= 15 is 0 Å². The Hall–Kier alpha value is -1.57. The number of carbonyl (C=O) groups is 2. The third-order valence-corrected chi connectivity index (χ3v) is 3.06. The molecule has 0 spiro atoms. The predicted molar refractivity (Wildman–Crippen MR) is 62.9 cm³/mol. The number of rotatable bonds is 5. The van der Waals surface area contributed by atoms with Crippen molar-refractivity contribution in [3.05, 3.63) is 22.4 Å². The molecule has 19 heavy (non-hydrogen) atoms. The third kappa shape index (κ3) is 5.29. The summed E-state index contributed by atoms with van der Waals surface area (Å²) < 4.78 is 41.6. The summed E-state index contributed by atoms with van der Waals surface area (Å²) in [6.07, 6.45) is -4.78. The van der Waals surface area contributed by atoms with Gasteiger partial charge in [0.1, 0.15) is 6.54 Å². The number of halogens is 3. The van der Waals surface area contributed by atoms with Crippen LogP contribution in [0.3, 0.4) is 0 Å². The molecular formula is C11H12F3NO3S. The van der Waals surface area contributed by atoms with Crippen LogP contribution in [-0.4, -0.2) is 43.2 Å². The summed E-state index contributed by atoms with van der Waals surface area (Å²) in [5, 5.41) is 1.60. The standard InChI is InChI=1S/C11H12F3NO3S/c1-18-9(16)4-5-15(7-11(12,13)14)10(17)8-3-2-6-19-8/h2-3,6H,4-5,7H2,1H3. The van der Waals surface area contributed by atoms with Gasteiger partial charge in [0.2, 0.25) is 0 Å². The number of ether oxygens (including phenoxy) is 1.